The summed E-state index contributed by atoms with van der Waals surface area (Å²) in [6.45, 7) is 8.98. The number of aryl methyl sites for hydroxylation is 1. The maximum atomic E-state index is 13.2. The van der Waals surface area contributed by atoms with E-state index in [4.69, 9.17) is 4.74 Å². The zero-order chi connectivity index (χ0) is 20.5. The minimum atomic E-state index is -0.757. The number of imide groups is 1. The van der Waals surface area contributed by atoms with Gasteiger partial charge in [-0.2, -0.15) is 0 Å². The van der Waals surface area contributed by atoms with Crippen LogP contribution in [0.5, 0.6) is 0 Å². The maximum Gasteiger partial charge on any atom is 0.257 e. The molecule has 2 heterocycles. The Labute approximate surface area is 166 Å². The Bertz CT molecular complexity index is 745. The molecule has 1 aromatic rings. The van der Waals surface area contributed by atoms with E-state index in [1.54, 1.807) is 17.0 Å². The normalized spacial score (nSPS) is 22.8. The van der Waals surface area contributed by atoms with Crippen molar-refractivity contribution in [1.82, 2.24) is 4.90 Å². The van der Waals surface area contributed by atoms with Gasteiger partial charge in [0.25, 0.3) is 5.91 Å². The van der Waals surface area contributed by atoms with E-state index in [9.17, 15) is 14.4 Å². The van der Waals surface area contributed by atoms with Crippen LogP contribution < -0.4 is 4.90 Å². The lowest BCUT2D eigenvalue weighted by Crippen LogP contribution is -2.49. The summed E-state index contributed by atoms with van der Waals surface area (Å²) in [5.41, 5.74) is 1.41. The fourth-order valence-corrected chi connectivity index (χ4v) is 3.79. The summed E-state index contributed by atoms with van der Waals surface area (Å²) in [5, 5.41) is 0. The lowest BCUT2D eigenvalue weighted by molar-refractivity contribution is -0.141. The fraction of sp³-hybridized carbons (Fsp3) is 0.591. The second-order valence-electron chi connectivity index (χ2n) is 9.04. The number of carbonyl (C=O) groups is 3. The molecule has 1 aromatic carbocycles. The third-order valence-electron chi connectivity index (χ3n) is 5.22. The van der Waals surface area contributed by atoms with Gasteiger partial charge in [-0.05, 0) is 37.3 Å². The summed E-state index contributed by atoms with van der Waals surface area (Å²) >= 11 is 0. The number of nitrogens with zero attached hydrogens (tertiary/aromatic N) is 2. The van der Waals surface area contributed by atoms with Crippen molar-refractivity contribution in [2.24, 2.45) is 5.41 Å². The van der Waals surface area contributed by atoms with Crippen LogP contribution in [0.3, 0.4) is 0 Å². The Hall–Kier alpha value is -2.21. The molecule has 3 rings (SSSR count). The highest BCUT2D eigenvalue weighted by Gasteiger charge is 2.45. The molecule has 0 saturated carbocycles. The number of amides is 3. The summed E-state index contributed by atoms with van der Waals surface area (Å²) in [7, 11) is 0. The standard InChI is InChI=1S/C22H30N2O4/c1-15-7-9-16(10-8-15)24-19(25)12-18(21(24)27)23(14-17-6-5-11-28-17)20(26)13-22(2,3)4/h7-10,17-18H,5-6,11-14H2,1-4H3. The Morgan fingerprint density at radius 1 is 1.21 bits per heavy atom. The molecule has 2 saturated heterocycles. The van der Waals surface area contributed by atoms with E-state index in [0.717, 1.165) is 18.4 Å². The van der Waals surface area contributed by atoms with E-state index in [-0.39, 0.29) is 35.7 Å². The van der Waals surface area contributed by atoms with Crippen molar-refractivity contribution >= 4 is 23.4 Å². The Morgan fingerprint density at radius 3 is 2.46 bits per heavy atom. The highest BCUT2D eigenvalue weighted by molar-refractivity contribution is 6.23. The van der Waals surface area contributed by atoms with Gasteiger partial charge in [0.15, 0.2) is 0 Å². The Morgan fingerprint density at radius 2 is 1.89 bits per heavy atom. The molecule has 0 bridgehead atoms. The van der Waals surface area contributed by atoms with Gasteiger partial charge in [-0.15, -0.1) is 0 Å². The number of hydrogen-bond acceptors (Lipinski definition) is 4. The van der Waals surface area contributed by atoms with Crippen LogP contribution in [0.4, 0.5) is 5.69 Å². The summed E-state index contributed by atoms with van der Waals surface area (Å²) in [4.78, 5) is 41.7. The molecule has 28 heavy (non-hydrogen) atoms. The van der Waals surface area contributed by atoms with Crippen LogP contribution in [-0.2, 0) is 19.1 Å². The maximum absolute atomic E-state index is 13.2. The quantitative estimate of drug-likeness (QED) is 0.730. The molecule has 152 valence electrons. The SMILES string of the molecule is Cc1ccc(N2C(=O)CC(N(CC3CCCO3)C(=O)CC(C)(C)C)C2=O)cc1. The number of benzene rings is 1. The monoisotopic (exact) mass is 386 g/mol. The molecule has 2 unspecified atom stereocenters. The summed E-state index contributed by atoms with van der Waals surface area (Å²) in [5.74, 6) is -0.686. The first-order valence-corrected chi connectivity index (χ1v) is 10.0. The lowest BCUT2D eigenvalue weighted by Gasteiger charge is -2.32. The molecule has 2 atom stereocenters. The van der Waals surface area contributed by atoms with Crippen molar-refractivity contribution in [3.05, 3.63) is 29.8 Å². The zero-order valence-corrected chi connectivity index (χ0v) is 17.2. The highest BCUT2D eigenvalue weighted by atomic mass is 16.5. The van der Waals surface area contributed by atoms with Gasteiger partial charge in [0.05, 0.1) is 18.2 Å². The molecule has 0 N–H and O–H groups in total. The molecule has 2 aliphatic rings. The van der Waals surface area contributed by atoms with Crippen LogP contribution in [0, 0.1) is 12.3 Å². The van der Waals surface area contributed by atoms with Crippen molar-refractivity contribution in [2.75, 3.05) is 18.1 Å². The van der Waals surface area contributed by atoms with Crippen molar-refractivity contribution in [1.29, 1.82) is 0 Å². The van der Waals surface area contributed by atoms with Gasteiger partial charge in [0.2, 0.25) is 11.8 Å². The first-order valence-electron chi connectivity index (χ1n) is 10.0. The second-order valence-corrected chi connectivity index (χ2v) is 9.04. The fourth-order valence-electron chi connectivity index (χ4n) is 3.79. The molecular weight excluding hydrogens is 356 g/mol. The zero-order valence-electron chi connectivity index (χ0n) is 17.2. The van der Waals surface area contributed by atoms with Gasteiger partial charge in [-0.3, -0.25) is 14.4 Å². The summed E-state index contributed by atoms with van der Waals surface area (Å²) < 4.78 is 5.71. The van der Waals surface area contributed by atoms with E-state index in [1.807, 2.05) is 39.8 Å². The van der Waals surface area contributed by atoms with Crippen LogP contribution in [0.25, 0.3) is 0 Å². The molecule has 0 aromatic heterocycles. The van der Waals surface area contributed by atoms with Gasteiger partial charge in [0, 0.05) is 19.6 Å². The Balaban J connectivity index is 1.84. The minimum absolute atomic E-state index is 0.0231. The molecule has 6 heteroatoms. The average molecular weight is 386 g/mol. The van der Waals surface area contributed by atoms with Crippen LogP contribution in [0.15, 0.2) is 24.3 Å². The van der Waals surface area contributed by atoms with Crippen molar-refractivity contribution < 1.29 is 19.1 Å². The summed E-state index contributed by atoms with van der Waals surface area (Å²) in [6.07, 6.45) is 2.10. The molecule has 0 spiro atoms. The average Bonchev–Trinajstić information content (AvgIpc) is 3.20. The Kier molecular flexibility index (Phi) is 5.89. The van der Waals surface area contributed by atoms with E-state index in [0.29, 0.717) is 25.3 Å². The number of rotatable bonds is 5. The number of ether oxygens (including phenoxy) is 1. The predicted octanol–water partition coefficient (Wildman–Crippen LogP) is 3.07. The van der Waals surface area contributed by atoms with Gasteiger partial charge < -0.3 is 9.64 Å². The molecule has 2 aliphatic heterocycles. The second kappa shape index (κ2) is 8.03. The minimum Gasteiger partial charge on any atom is -0.376 e. The lowest BCUT2D eigenvalue weighted by atomic mass is 9.91. The number of hydrogen-bond donors (Lipinski definition) is 0. The molecule has 2 fully saturated rings. The third kappa shape index (κ3) is 4.61. The molecule has 6 nitrogen and oxygen atoms in total. The van der Waals surface area contributed by atoms with Gasteiger partial charge >= 0.3 is 0 Å². The van der Waals surface area contributed by atoms with Crippen LogP contribution >= 0.6 is 0 Å². The van der Waals surface area contributed by atoms with E-state index < -0.39 is 6.04 Å². The van der Waals surface area contributed by atoms with Crippen LogP contribution in [0.1, 0.15) is 52.0 Å². The number of anilines is 1. The number of carbonyl (C=O) groups excluding carboxylic acids is 3. The molecule has 0 aliphatic carbocycles. The van der Waals surface area contributed by atoms with Crippen LogP contribution in [-0.4, -0.2) is 47.9 Å². The molecule has 3 amide bonds. The first kappa shape index (κ1) is 20.5. The third-order valence-corrected chi connectivity index (χ3v) is 5.22. The molecule has 0 radical (unpaired) electrons. The largest absolute Gasteiger partial charge is 0.376 e. The van der Waals surface area contributed by atoms with Gasteiger partial charge in [-0.25, -0.2) is 4.90 Å². The topological polar surface area (TPSA) is 66.9 Å². The van der Waals surface area contributed by atoms with E-state index in [2.05, 4.69) is 0 Å². The van der Waals surface area contributed by atoms with E-state index >= 15 is 0 Å². The smallest absolute Gasteiger partial charge is 0.257 e. The van der Waals surface area contributed by atoms with Crippen molar-refractivity contribution in [3.63, 3.8) is 0 Å². The summed E-state index contributed by atoms with van der Waals surface area (Å²) in [6, 6.07) is 6.54. The van der Waals surface area contributed by atoms with Crippen molar-refractivity contribution in [3.8, 4) is 0 Å². The van der Waals surface area contributed by atoms with Crippen LogP contribution in [0.2, 0.25) is 0 Å². The predicted molar refractivity (Wildman–Crippen MR) is 107 cm³/mol. The molecular formula is C22H30N2O4. The first-order chi connectivity index (χ1) is 13.2. The van der Waals surface area contributed by atoms with Gasteiger partial charge in [0.1, 0.15) is 6.04 Å². The van der Waals surface area contributed by atoms with Crippen molar-refractivity contribution in [2.45, 2.75) is 65.5 Å². The van der Waals surface area contributed by atoms with Gasteiger partial charge in [-0.1, -0.05) is 38.5 Å². The highest BCUT2D eigenvalue weighted by Crippen LogP contribution is 2.29. The van der Waals surface area contributed by atoms with E-state index in [1.165, 1.54) is 4.90 Å².